The van der Waals surface area contributed by atoms with Crippen LogP contribution in [0.5, 0.6) is 0 Å². The maximum absolute atomic E-state index is 9.09. The summed E-state index contributed by atoms with van der Waals surface area (Å²) in [4.78, 5) is 0. The van der Waals surface area contributed by atoms with Gasteiger partial charge in [0.25, 0.3) is 0 Å². The number of aliphatic hydroxyl groups is 1. The predicted molar refractivity (Wildman–Crippen MR) is 84.0 cm³/mol. The van der Waals surface area contributed by atoms with Crippen LogP contribution in [0.3, 0.4) is 0 Å². The maximum Gasteiger partial charge on any atom is 0.0644 e. The van der Waals surface area contributed by atoms with E-state index >= 15 is 0 Å². The zero-order chi connectivity index (χ0) is 15.0. The Labute approximate surface area is 127 Å². The van der Waals surface area contributed by atoms with Gasteiger partial charge in [-0.05, 0) is 57.8 Å². The summed E-state index contributed by atoms with van der Waals surface area (Å²) in [6.45, 7) is 8.17. The molecule has 2 aliphatic rings. The molecule has 0 amide bonds. The first-order chi connectivity index (χ1) is 10.1. The van der Waals surface area contributed by atoms with Gasteiger partial charge in [-0.1, -0.05) is 6.42 Å². The monoisotopic (exact) mass is 291 g/mol. The van der Waals surface area contributed by atoms with Crippen molar-refractivity contribution in [1.29, 1.82) is 0 Å². The molecular formula is C17H29N3O. The number of fused-ring (bicyclic) bond motifs is 2. The van der Waals surface area contributed by atoms with Crippen molar-refractivity contribution in [2.45, 2.75) is 65.6 Å². The quantitative estimate of drug-likeness (QED) is 0.846. The van der Waals surface area contributed by atoms with Crippen molar-refractivity contribution >= 4 is 0 Å². The van der Waals surface area contributed by atoms with Crippen molar-refractivity contribution < 1.29 is 5.11 Å². The summed E-state index contributed by atoms with van der Waals surface area (Å²) in [5.41, 5.74) is 3.58. The van der Waals surface area contributed by atoms with E-state index in [2.05, 4.69) is 31.2 Å². The molecule has 4 unspecified atom stereocenters. The number of aliphatic hydroxyl groups excluding tert-OH is 1. The van der Waals surface area contributed by atoms with Crippen LogP contribution in [-0.4, -0.2) is 27.5 Å². The van der Waals surface area contributed by atoms with Gasteiger partial charge in [0.1, 0.15) is 0 Å². The molecule has 0 aromatic carbocycles. The zero-order valence-electron chi connectivity index (χ0n) is 13.6. The lowest BCUT2D eigenvalue weighted by molar-refractivity contribution is 0.259. The largest absolute Gasteiger partial charge is 0.394 e. The second-order valence-corrected chi connectivity index (χ2v) is 7.10. The molecule has 4 atom stereocenters. The summed E-state index contributed by atoms with van der Waals surface area (Å²) >= 11 is 0. The van der Waals surface area contributed by atoms with E-state index < -0.39 is 0 Å². The second kappa shape index (κ2) is 6.09. The number of hydrogen-bond donors (Lipinski definition) is 2. The fraction of sp³-hybridized carbons (Fsp3) is 0.824. The molecule has 21 heavy (non-hydrogen) atoms. The summed E-state index contributed by atoms with van der Waals surface area (Å²) in [5, 5.41) is 17.4. The van der Waals surface area contributed by atoms with E-state index in [1.54, 1.807) is 0 Å². The Morgan fingerprint density at radius 2 is 2.14 bits per heavy atom. The van der Waals surface area contributed by atoms with Gasteiger partial charge in [-0.2, -0.15) is 5.10 Å². The molecule has 4 nitrogen and oxygen atoms in total. The first-order valence-electron chi connectivity index (χ1n) is 8.47. The first kappa shape index (κ1) is 15.0. The molecule has 0 radical (unpaired) electrons. The van der Waals surface area contributed by atoms with Crippen molar-refractivity contribution in [3.05, 3.63) is 17.0 Å². The van der Waals surface area contributed by atoms with E-state index in [-0.39, 0.29) is 6.61 Å². The molecule has 1 aromatic rings. The minimum absolute atomic E-state index is 0.149. The van der Waals surface area contributed by atoms with Crippen LogP contribution in [0.1, 0.15) is 49.6 Å². The van der Waals surface area contributed by atoms with Crippen molar-refractivity contribution in [3.8, 4) is 0 Å². The van der Waals surface area contributed by atoms with Crippen molar-refractivity contribution in [3.63, 3.8) is 0 Å². The van der Waals surface area contributed by atoms with Crippen LogP contribution in [0.4, 0.5) is 0 Å². The molecule has 4 heteroatoms. The van der Waals surface area contributed by atoms with Crippen LogP contribution >= 0.6 is 0 Å². The van der Waals surface area contributed by atoms with Crippen molar-refractivity contribution in [2.24, 2.45) is 17.8 Å². The molecule has 2 fully saturated rings. The lowest BCUT2D eigenvalue weighted by Crippen LogP contribution is -2.36. The van der Waals surface area contributed by atoms with Gasteiger partial charge >= 0.3 is 0 Å². The van der Waals surface area contributed by atoms with E-state index in [4.69, 9.17) is 5.11 Å². The highest BCUT2D eigenvalue weighted by Gasteiger charge is 2.41. The molecule has 0 spiro atoms. The van der Waals surface area contributed by atoms with Crippen molar-refractivity contribution in [2.75, 3.05) is 6.61 Å². The number of rotatable bonds is 6. The Kier molecular flexibility index (Phi) is 4.36. The lowest BCUT2D eigenvalue weighted by Gasteiger charge is -2.28. The van der Waals surface area contributed by atoms with E-state index in [0.29, 0.717) is 12.6 Å². The topological polar surface area (TPSA) is 50.1 Å². The maximum atomic E-state index is 9.09. The molecule has 0 aliphatic heterocycles. The van der Waals surface area contributed by atoms with Gasteiger partial charge in [-0.15, -0.1) is 0 Å². The van der Waals surface area contributed by atoms with Crippen LogP contribution in [0.2, 0.25) is 0 Å². The fourth-order valence-electron chi connectivity index (χ4n) is 4.62. The lowest BCUT2D eigenvalue weighted by atomic mass is 9.84. The minimum Gasteiger partial charge on any atom is -0.394 e. The molecule has 3 rings (SSSR count). The highest BCUT2D eigenvalue weighted by molar-refractivity contribution is 5.24. The van der Waals surface area contributed by atoms with Crippen LogP contribution in [0.15, 0.2) is 0 Å². The van der Waals surface area contributed by atoms with E-state index in [9.17, 15) is 0 Å². The average molecular weight is 291 g/mol. The SMILES string of the molecule is Cc1nn(CCO)c(C)c1CNC(C)C1CC2CCC1C2. The third-order valence-corrected chi connectivity index (χ3v) is 5.88. The van der Waals surface area contributed by atoms with Crippen LogP contribution in [-0.2, 0) is 13.1 Å². The highest BCUT2D eigenvalue weighted by Crippen LogP contribution is 2.49. The van der Waals surface area contributed by atoms with Gasteiger partial charge in [0.15, 0.2) is 0 Å². The first-order valence-corrected chi connectivity index (χ1v) is 8.47. The average Bonchev–Trinajstić information content (AvgIpc) is 3.14. The Bertz CT molecular complexity index is 496. The van der Waals surface area contributed by atoms with Gasteiger partial charge in [0, 0.05) is 23.8 Å². The molecule has 0 saturated heterocycles. The van der Waals surface area contributed by atoms with Gasteiger partial charge in [0.2, 0.25) is 0 Å². The summed E-state index contributed by atoms with van der Waals surface area (Å²) < 4.78 is 1.93. The second-order valence-electron chi connectivity index (χ2n) is 7.10. The normalized spacial score (nSPS) is 29.2. The molecule has 1 aromatic heterocycles. The van der Waals surface area contributed by atoms with Gasteiger partial charge in [0.05, 0.1) is 18.8 Å². The summed E-state index contributed by atoms with van der Waals surface area (Å²) in [5.74, 6) is 2.86. The van der Waals surface area contributed by atoms with E-state index in [1.807, 2.05) is 4.68 Å². The number of nitrogens with zero attached hydrogens (tertiary/aromatic N) is 2. The van der Waals surface area contributed by atoms with Crippen LogP contribution in [0.25, 0.3) is 0 Å². The summed E-state index contributed by atoms with van der Waals surface area (Å²) in [6.07, 6.45) is 5.83. The highest BCUT2D eigenvalue weighted by atomic mass is 16.3. The van der Waals surface area contributed by atoms with Gasteiger partial charge in [-0.3, -0.25) is 4.68 Å². The third-order valence-electron chi connectivity index (χ3n) is 5.88. The van der Waals surface area contributed by atoms with Crippen LogP contribution in [0, 0.1) is 31.6 Å². The van der Waals surface area contributed by atoms with E-state index in [1.165, 1.54) is 36.9 Å². The Balaban J connectivity index is 1.60. The fourth-order valence-corrected chi connectivity index (χ4v) is 4.62. The predicted octanol–water partition coefficient (Wildman–Crippen LogP) is 2.41. The number of hydrogen-bond acceptors (Lipinski definition) is 3. The Morgan fingerprint density at radius 3 is 2.76 bits per heavy atom. The molecule has 2 saturated carbocycles. The van der Waals surface area contributed by atoms with Gasteiger partial charge < -0.3 is 10.4 Å². The minimum atomic E-state index is 0.149. The Hall–Kier alpha value is -0.870. The third kappa shape index (κ3) is 2.88. The number of aryl methyl sites for hydroxylation is 1. The van der Waals surface area contributed by atoms with E-state index in [0.717, 1.165) is 30.0 Å². The molecule has 118 valence electrons. The number of aromatic nitrogens is 2. The van der Waals surface area contributed by atoms with Gasteiger partial charge in [-0.25, -0.2) is 0 Å². The summed E-state index contributed by atoms with van der Waals surface area (Å²) in [6, 6.07) is 0.597. The molecular weight excluding hydrogens is 262 g/mol. The molecule has 2 bridgehead atoms. The zero-order valence-corrected chi connectivity index (χ0v) is 13.6. The molecule has 2 N–H and O–H groups in total. The molecule has 1 heterocycles. The smallest absolute Gasteiger partial charge is 0.0644 e. The number of nitrogens with one attached hydrogen (secondary N) is 1. The standard InChI is InChI=1S/C17H29N3O/c1-11(16-9-14-4-5-15(16)8-14)18-10-17-12(2)19-20(6-7-21)13(17)3/h11,14-16,18,21H,4-10H2,1-3H3. The Morgan fingerprint density at radius 1 is 1.33 bits per heavy atom. The molecule has 2 aliphatic carbocycles. The van der Waals surface area contributed by atoms with Crippen LogP contribution < -0.4 is 5.32 Å². The summed E-state index contributed by atoms with van der Waals surface area (Å²) in [7, 11) is 0. The van der Waals surface area contributed by atoms with Crippen molar-refractivity contribution in [1.82, 2.24) is 15.1 Å².